The third kappa shape index (κ3) is 2.59. The first kappa shape index (κ1) is 15.0. The summed E-state index contributed by atoms with van der Waals surface area (Å²) in [4.78, 5) is 12.6. The maximum absolute atomic E-state index is 12.6. The number of fused-ring (bicyclic) bond motifs is 1. The first-order valence-electron chi connectivity index (χ1n) is 7.91. The molecule has 0 aliphatic heterocycles. The molecule has 0 aromatic heterocycles. The van der Waals surface area contributed by atoms with Crippen molar-refractivity contribution in [1.82, 2.24) is 0 Å². The summed E-state index contributed by atoms with van der Waals surface area (Å²) in [6.45, 7) is 4.62. The minimum absolute atomic E-state index is 0.0174. The zero-order chi connectivity index (χ0) is 14.0. The van der Waals surface area contributed by atoms with Gasteiger partial charge in [0.25, 0.3) is 0 Å². The number of aliphatic hydroxyl groups excluding tert-OH is 2. The Balaban J connectivity index is 2.09. The van der Waals surface area contributed by atoms with E-state index in [1.807, 2.05) is 0 Å². The van der Waals surface area contributed by atoms with Crippen LogP contribution in [0.4, 0.5) is 0 Å². The van der Waals surface area contributed by atoms with E-state index in [9.17, 15) is 15.0 Å². The molecule has 3 nitrogen and oxygen atoms in total. The van der Waals surface area contributed by atoms with Gasteiger partial charge in [0.2, 0.25) is 0 Å². The zero-order valence-electron chi connectivity index (χ0n) is 12.2. The van der Waals surface area contributed by atoms with E-state index >= 15 is 0 Å². The van der Waals surface area contributed by atoms with Gasteiger partial charge in [0.05, 0.1) is 0 Å². The molecular weight excluding hydrogens is 240 g/mol. The van der Waals surface area contributed by atoms with Crippen LogP contribution >= 0.6 is 0 Å². The SMILES string of the molecule is CCCCC[C@@H]1C(=O)[C@@H]2[C@@H](CO)C[C@@H](CO)[C@@H]2[C@H]1C. The second-order valence-electron chi connectivity index (χ2n) is 6.59. The molecule has 2 fully saturated rings. The largest absolute Gasteiger partial charge is 0.396 e. The van der Waals surface area contributed by atoms with Crippen molar-refractivity contribution >= 4 is 5.78 Å². The van der Waals surface area contributed by atoms with Crippen LogP contribution in [0.25, 0.3) is 0 Å². The van der Waals surface area contributed by atoms with E-state index in [0.29, 0.717) is 17.6 Å². The topological polar surface area (TPSA) is 57.5 Å². The first-order valence-corrected chi connectivity index (χ1v) is 7.91. The molecule has 0 amide bonds. The zero-order valence-corrected chi connectivity index (χ0v) is 12.2. The summed E-state index contributed by atoms with van der Waals surface area (Å²) < 4.78 is 0. The fourth-order valence-corrected chi connectivity index (χ4v) is 4.66. The summed E-state index contributed by atoms with van der Waals surface area (Å²) in [6, 6.07) is 0. The van der Waals surface area contributed by atoms with E-state index in [1.54, 1.807) is 0 Å². The number of Topliss-reactive ketones (excluding diaryl/α,β-unsaturated/α-hetero) is 1. The van der Waals surface area contributed by atoms with Crippen molar-refractivity contribution in [3.63, 3.8) is 0 Å². The highest BCUT2D eigenvalue weighted by molar-refractivity contribution is 5.87. The molecule has 2 aliphatic rings. The van der Waals surface area contributed by atoms with Gasteiger partial charge < -0.3 is 10.2 Å². The predicted molar refractivity (Wildman–Crippen MR) is 74.6 cm³/mol. The van der Waals surface area contributed by atoms with Crippen molar-refractivity contribution in [2.24, 2.45) is 35.5 Å². The molecular formula is C16H28O3. The number of aliphatic hydroxyl groups is 2. The van der Waals surface area contributed by atoms with Crippen LogP contribution in [0.2, 0.25) is 0 Å². The Morgan fingerprint density at radius 2 is 1.84 bits per heavy atom. The standard InChI is InChI=1S/C16H28O3/c1-3-4-5-6-13-10(2)14-11(8-17)7-12(9-18)15(14)16(13)19/h10-15,17-18H,3-9H2,1-2H3/t10-,11-,12+,13-,14-,15+/m0/s1. The molecule has 2 N–H and O–H groups in total. The van der Waals surface area contributed by atoms with Crippen molar-refractivity contribution in [1.29, 1.82) is 0 Å². The summed E-state index contributed by atoms with van der Waals surface area (Å²) in [5.41, 5.74) is 0. The number of carbonyl (C=O) groups is 1. The van der Waals surface area contributed by atoms with Crippen molar-refractivity contribution < 1.29 is 15.0 Å². The van der Waals surface area contributed by atoms with Gasteiger partial charge in [-0.1, -0.05) is 33.1 Å². The van der Waals surface area contributed by atoms with Gasteiger partial charge in [0.15, 0.2) is 0 Å². The van der Waals surface area contributed by atoms with E-state index in [0.717, 1.165) is 19.3 Å². The van der Waals surface area contributed by atoms with Crippen LogP contribution in [0, 0.1) is 35.5 Å². The van der Waals surface area contributed by atoms with Gasteiger partial charge in [-0.05, 0) is 36.5 Å². The van der Waals surface area contributed by atoms with E-state index in [-0.39, 0.29) is 36.9 Å². The monoisotopic (exact) mass is 268 g/mol. The normalized spacial score (nSPS) is 41.8. The van der Waals surface area contributed by atoms with Crippen molar-refractivity contribution in [2.45, 2.75) is 46.0 Å². The lowest BCUT2D eigenvalue weighted by Gasteiger charge is -2.23. The average Bonchev–Trinajstić information content (AvgIpc) is 2.90. The Hall–Kier alpha value is -0.410. The molecule has 0 spiro atoms. The van der Waals surface area contributed by atoms with Gasteiger partial charge in [-0.25, -0.2) is 0 Å². The Labute approximate surface area is 116 Å². The van der Waals surface area contributed by atoms with Gasteiger partial charge in [0.1, 0.15) is 5.78 Å². The third-order valence-corrected chi connectivity index (χ3v) is 5.60. The van der Waals surface area contributed by atoms with E-state index in [1.165, 1.54) is 12.8 Å². The van der Waals surface area contributed by atoms with Crippen LogP contribution in [0.3, 0.4) is 0 Å². The summed E-state index contributed by atoms with van der Waals surface area (Å²) >= 11 is 0. The predicted octanol–water partition coefficient (Wildman–Crippen LogP) is 2.25. The lowest BCUT2D eigenvalue weighted by molar-refractivity contribution is -0.126. The maximum Gasteiger partial charge on any atom is 0.139 e. The molecule has 0 heterocycles. The molecule has 0 aromatic carbocycles. The molecule has 0 radical (unpaired) electrons. The summed E-state index contributed by atoms with van der Waals surface area (Å²) in [5, 5.41) is 19.0. The minimum Gasteiger partial charge on any atom is -0.396 e. The number of hydrogen-bond donors (Lipinski definition) is 2. The van der Waals surface area contributed by atoms with Crippen molar-refractivity contribution in [3.05, 3.63) is 0 Å². The molecule has 3 heteroatoms. The molecule has 0 saturated heterocycles. The molecule has 6 atom stereocenters. The van der Waals surface area contributed by atoms with Crippen LogP contribution in [-0.4, -0.2) is 29.2 Å². The smallest absolute Gasteiger partial charge is 0.139 e. The number of ketones is 1. The second kappa shape index (κ2) is 6.36. The van der Waals surface area contributed by atoms with Crippen LogP contribution in [-0.2, 0) is 4.79 Å². The van der Waals surface area contributed by atoms with Crippen LogP contribution in [0.15, 0.2) is 0 Å². The fraction of sp³-hybridized carbons (Fsp3) is 0.938. The number of unbranched alkanes of at least 4 members (excludes halogenated alkanes) is 2. The first-order chi connectivity index (χ1) is 9.15. The molecule has 110 valence electrons. The molecule has 19 heavy (non-hydrogen) atoms. The highest BCUT2D eigenvalue weighted by Gasteiger charge is 2.56. The van der Waals surface area contributed by atoms with Gasteiger partial charge in [-0.2, -0.15) is 0 Å². The Bertz CT molecular complexity index is 315. The molecule has 2 saturated carbocycles. The molecule has 0 unspecified atom stereocenters. The number of hydrogen-bond acceptors (Lipinski definition) is 3. The summed E-state index contributed by atoms with van der Waals surface area (Å²) in [5.74, 6) is 1.56. The Kier molecular flexibility index (Phi) is 5.02. The molecule has 2 aliphatic carbocycles. The van der Waals surface area contributed by atoms with Crippen LogP contribution in [0.5, 0.6) is 0 Å². The molecule has 0 aromatic rings. The van der Waals surface area contributed by atoms with Gasteiger partial charge in [-0.15, -0.1) is 0 Å². The fourth-order valence-electron chi connectivity index (χ4n) is 4.66. The van der Waals surface area contributed by atoms with E-state index in [2.05, 4.69) is 13.8 Å². The quantitative estimate of drug-likeness (QED) is 0.726. The molecule has 2 rings (SSSR count). The minimum atomic E-state index is 0.0174. The Morgan fingerprint density at radius 1 is 1.16 bits per heavy atom. The second-order valence-corrected chi connectivity index (χ2v) is 6.59. The van der Waals surface area contributed by atoms with Crippen LogP contribution < -0.4 is 0 Å². The van der Waals surface area contributed by atoms with Gasteiger partial charge >= 0.3 is 0 Å². The average molecular weight is 268 g/mol. The lowest BCUT2D eigenvalue weighted by Crippen LogP contribution is -2.23. The number of carbonyl (C=O) groups excluding carboxylic acids is 1. The van der Waals surface area contributed by atoms with E-state index < -0.39 is 0 Å². The van der Waals surface area contributed by atoms with Crippen LogP contribution in [0.1, 0.15) is 46.0 Å². The van der Waals surface area contributed by atoms with E-state index in [4.69, 9.17) is 0 Å². The summed E-state index contributed by atoms with van der Waals surface area (Å²) in [7, 11) is 0. The van der Waals surface area contributed by atoms with Gasteiger partial charge in [0, 0.05) is 25.0 Å². The lowest BCUT2D eigenvalue weighted by atomic mass is 9.82. The third-order valence-electron chi connectivity index (χ3n) is 5.60. The Morgan fingerprint density at radius 3 is 2.42 bits per heavy atom. The highest BCUT2D eigenvalue weighted by atomic mass is 16.3. The van der Waals surface area contributed by atoms with Gasteiger partial charge in [-0.3, -0.25) is 4.79 Å². The van der Waals surface area contributed by atoms with Crippen molar-refractivity contribution in [2.75, 3.05) is 13.2 Å². The molecule has 0 bridgehead atoms. The number of rotatable bonds is 6. The maximum atomic E-state index is 12.6. The summed E-state index contributed by atoms with van der Waals surface area (Å²) in [6.07, 6.45) is 5.32. The highest BCUT2D eigenvalue weighted by Crippen LogP contribution is 2.54. The van der Waals surface area contributed by atoms with Crippen molar-refractivity contribution in [3.8, 4) is 0 Å².